The number of piperidine rings is 1. The summed E-state index contributed by atoms with van der Waals surface area (Å²) >= 11 is 0. The molecule has 2 N–H and O–H groups in total. The van der Waals surface area contributed by atoms with Gasteiger partial charge in [-0.2, -0.15) is 0 Å². The molecule has 1 heterocycles. The second-order valence-corrected chi connectivity index (χ2v) is 5.36. The molecule has 0 radical (unpaired) electrons. The molecule has 2 aliphatic rings. The highest BCUT2D eigenvalue weighted by atomic mass is 16.4. The van der Waals surface area contributed by atoms with Gasteiger partial charge in [-0.15, -0.1) is 0 Å². The largest absolute Gasteiger partial charge is 0.481 e. The number of rotatable bonds is 6. The van der Waals surface area contributed by atoms with Crippen LogP contribution in [0.4, 0.5) is 0 Å². The average Bonchev–Trinajstić information content (AvgIpc) is 3.14. The molecule has 0 bridgehead atoms. The lowest BCUT2D eigenvalue weighted by Crippen LogP contribution is -2.37. The van der Waals surface area contributed by atoms with Crippen molar-refractivity contribution in [2.45, 2.75) is 44.6 Å². The lowest BCUT2D eigenvalue weighted by Gasteiger charge is -2.27. The van der Waals surface area contributed by atoms with Gasteiger partial charge in [-0.05, 0) is 44.7 Å². The maximum atomic E-state index is 12.2. The summed E-state index contributed by atoms with van der Waals surface area (Å²) < 4.78 is 0. The number of aliphatic carboxylic acids is 1. The first-order chi connectivity index (χ1) is 8.66. The zero-order chi connectivity index (χ0) is 13.0. The van der Waals surface area contributed by atoms with E-state index in [-0.39, 0.29) is 12.3 Å². The fourth-order valence-electron chi connectivity index (χ4n) is 2.56. The van der Waals surface area contributed by atoms with Crippen LogP contribution in [-0.4, -0.2) is 47.6 Å². The van der Waals surface area contributed by atoms with Crippen LogP contribution in [-0.2, 0) is 9.59 Å². The molecule has 0 spiro atoms. The van der Waals surface area contributed by atoms with Crippen molar-refractivity contribution in [2.75, 3.05) is 19.6 Å². The quantitative estimate of drug-likeness (QED) is 0.737. The molecule has 2 fully saturated rings. The zero-order valence-electron chi connectivity index (χ0n) is 10.7. The van der Waals surface area contributed by atoms with E-state index in [0.29, 0.717) is 24.9 Å². The highest BCUT2D eigenvalue weighted by molar-refractivity contribution is 5.78. The number of nitrogens with one attached hydrogen (secondary N) is 1. The summed E-state index contributed by atoms with van der Waals surface area (Å²) in [5.74, 6) is -0.189. The number of carbonyl (C=O) groups is 2. The van der Waals surface area contributed by atoms with Crippen molar-refractivity contribution in [3.8, 4) is 0 Å². The molecule has 2 rings (SSSR count). The first-order valence-electron chi connectivity index (χ1n) is 6.89. The summed E-state index contributed by atoms with van der Waals surface area (Å²) in [7, 11) is 0. The van der Waals surface area contributed by atoms with Crippen molar-refractivity contribution in [3.05, 3.63) is 0 Å². The predicted octanol–water partition coefficient (Wildman–Crippen LogP) is 0.842. The Morgan fingerprint density at radius 1 is 1.17 bits per heavy atom. The van der Waals surface area contributed by atoms with E-state index in [4.69, 9.17) is 5.11 Å². The lowest BCUT2D eigenvalue weighted by atomic mass is 9.94. The monoisotopic (exact) mass is 254 g/mol. The van der Waals surface area contributed by atoms with Crippen molar-refractivity contribution in [1.29, 1.82) is 0 Å². The molecular formula is C13H22N2O3. The summed E-state index contributed by atoms with van der Waals surface area (Å²) in [4.78, 5) is 24.6. The van der Waals surface area contributed by atoms with Crippen molar-refractivity contribution in [2.24, 2.45) is 5.92 Å². The molecule has 1 aliphatic carbocycles. The van der Waals surface area contributed by atoms with E-state index in [0.717, 1.165) is 38.8 Å². The smallest absolute Gasteiger partial charge is 0.305 e. The Bertz CT molecular complexity index is 309. The number of amides is 1. The fourth-order valence-corrected chi connectivity index (χ4v) is 2.56. The first kappa shape index (κ1) is 13.3. The standard InChI is InChI=1S/C13H22N2O3/c16-12(9-10-3-6-14-7-4-10)15(11-1-2-11)8-5-13(17)18/h10-11,14H,1-9H2,(H,17,18). The van der Waals surface area contributed by atoms with Crippen molar-refractivity contribution < 1.29 is 14.7 Å². The van der Waals surface area contributed by atoms with Gasteiger partial charge in [0.05, 0.1) is 6.42 Å². The third-order valence-corrected chi connectivity index (χ3v) is 3.80. The van der Waals surface area contributed by atoms with Gasteiger partial charge in [-0.3, -0.25) is 9.59 Å². The van der Waals surface area contributed by atoms with Crippen molar-refractivity contribution >= 4 is 11.9 Å². The number of carboxylic acids is 1. The van der Waals surface area contributed by atoms with Crippen LogP contribution in [0.2, 0.25) is 0 Å². The molecule has 1 aliphatic heterocycles. The van der Waals surface area contributed by atoms with Crippen LogP contribution in [0.25, 0.3) is 0 Å². The van der Waals surface area contributed by atoms with Crippen LogP contribution >= 0.6 is 0 Å². The Balaban J connectivity index is 1.81. The van der Waals surface area contributed by atoms with Crippen LogP contribution in [0, 0.1) is 5.92 Å². The van der Waals surface area contributed by atoms with E-state index in [1.165, 1.54) is 0 Å². The van der Waals surface area contributed by atoms with Gasteiger partial charge in [0.15, 0.2) is 0 Å². The molecule has 18 heavy (non-hydrogen) atoms. The molecule has 5 heteroatoms. The molecule has 0 aromatic rings. The van der Waals surface area contributed by atoms with Gasteiger partial charge in [-0.1, -0.05) is 0 Å². The second-order valence-electron chi connectivity index (χ2n) is 5.36. The van der Waals surface area contributed by atoms with Gasteiger partial charge >= 0.3 is 5.97 Å². The third kappa shape index (κ3) is 3.98. The van der Waals surface area contributed by atoms with Crippen molar-refractivity contribution in [3.63, 3.8) is 0 Å². The van der Waals surface area contributed by atoms with Crippen LogP contribution in [0.15, 0.2) is 0 Å². The van der Waals surface area contributed by atoms with Gasteiger partial charge in [0.2, 0.25) is 5.91 Å². The van der Waals surface area contributed by atoms with Crippen LogP contribution in [0.1, 0.15) is 38.5 Å². The summed E-state index contributed by atoms with van der Waals surface area (Å²) in [6.45, 7) is 2.37. The summed E-state index contributed by atoms with van der Waals surface area (Å²) in [5.41, 5.74) is 0. The molecule has 5 nitrogen and oxygen atoms in total. The summed E-state index contributed by atoms with van der Waals surface area (Å²) in [5, 5.41) is 12.0. The Labute approximate surface area is 108 Å². The van der Waals surface area contributed by atoms with E-state index in [1.807, 2.05) is 0 Å². The molecule has 1 amide bonds. The van der Waals surface area contributed by atoms with Gasteiger partial charge in [-0.25, -0.2) is 0 Å². The number of hydrogen-bond donors (Lipinski definition) is 2. The minimum atomic E-state index is -0.824. The average molecular weight is 254 g/mol. The molecule has 0 unspecified atom stereocenters. The summed E-state index contributed by atoms with van der Waals surface area (Å²) in [6, 6.07) is 0.318. The maximum Gasteiger partial charge on any atom is 0.305 e. The van der Waals surface area contributed by atoms with Gasteiger partial charge in [0.25, 0.3) is 0 Å². The highest BCUT2D eigenvalue weighted by Gasteiger charge is 2.33. The zero-order valence-corrected chi connectivity index (χ0v) is 10.7. The fraction of sp³-hybridized carbons (Fsp3) is 0.846. The second kappa shape index (κ2) is 6.18. The van der Waals surface area contributed by atoms with Gasteiger partial charge in [0, 0.05) is 19.0 Å². The first-order valence-corrected chi connectivity index (χ1v) is 6.89. The minimum absolute atomic E-state index is 0.0640. The number of carbonyl (C=O) groups excluding carboxylic acids is 1. The van der Waals surface area contributed by atoms with Crippen LogP contribution in [0.5, 0.6) is 0 Å². The Hall–Kier alpha value is -1.10. The normalized spacial score (nSPS) is 20.7. The molecule has 0 aromatic heterocycles. The Morgan fingerprint density at radius 2 is 1.83 bits per heavy atom. The number of hydrogen-bond acceptors (Lipinski definition) is 3. The van der Waals surface area contributed by atoms with E-state index in [9.17, 15) is 9.59 Å². The van der Waals surface area contributed by atoms with E-state index >= 15 is 0 Å². The van der Waals surface area contributed by atoms with E-state index in [1.54, 1.807) is 4.90 Å². The van der Waals surface area contributed by atoms with Crippen molar-refractivity contribution in [1.82, 2.24) is 10.2 Å². The molecule has 102 valence electrons. The Morgan fingerprint density at radius 3 is 2.39 bits per heavy atom. The minimum Gasteiger partial charge on any atom is -0.481 e. The van der Waals surface area contributed by atoms with E-state index in [2.05, 4.69) is 5.32 Å². The van der Waals surface area contributed by atoms with E-state index < -0.39 is 5.97 Å². The molecule has 1 saturated carbocycles. The van der Waals surface area contributed by atoms with Crippen LogP contribution < -0.4 is 5.32 Å². The number of carboxylic acid groups (broad SMARTS) is 1. The maximum absolute atomic E-state index is 12.2. The molecule has 0 aromatic carbocycles. The summed E-state index contributed by atoms with van der Waals surface area (Å²) in [6.07, 6.45) is 4.85. The predicted molar refractivity (Wildman–Crippen MR) is 67.2 cm³/mol. The molecular weight excluding hydrogens is 232 g/mol. The Kier molecular flexibility index (Phi) is 4.58. The third-order valence-electron chi connectivity index (χ3n) is 3.80. The SMILES string of the molecule is O=C(O)CCN(C(=O)CC1CCNCC1)C1CC1. The topological polar surface area (TPSA) is 69.6 Å². The molecule has 0 atom stereocenters. The lowest BCUT2D eigenvalue weighted by molar-refractivity contribution is -0.139. The molecule has 1 saturated heterocycles. The van der Waals surface area contributed by atoms with Crippen LogP contribution in [0.3, 0.4) is 0 Å². The van der Waals surface area contributed by atoms with Gasteiger partial charge in [0.1, 0.15) is 0 Å². The highest BCUT2D eigenvalue weighted by Crippen LogP contribution is 2.29. The van der Waals surface area contributed by atoms with Gasteiger partial charge < -0.3 is 15.3 Å². The number of nitrogens with zero attached hydrogens (tertiary/aromatic N) is 1.